The van der Waals surface area contributed by atoms with Crippen molar-refractivity contribution in [2.75, 3.05) is 11.9 Å². The summed E-state index contributed by atoms with van der Waals surface area (Å²) in [6, 6.07) is 7.75. The van der Waals surface area contributed by atoms with Crippen molar-refractivity contribution in [1.29, 1.82) is 0 Å². The molecule has 0 spiro atoms. The third kappa shape index (κ3) is 5.38. The Kier molecular flexibility index (Phi) is 5.98. The van der Waals surface area contributed by atoms with Crippen LogP contribution >= 0.6 is 0 Å². The molecule has 0 saturated carbocycles. The van der Waals surface area contributed by atoms with E-state index in [1.165, 1.54) is 5.56 Å². The van der Waals surface area contributed by atoms with Crippen molar-refractivity contribution in [2.45, 2.75) is 53.9 Å². The normalized spacial score (nSPS) is 12.2. The molecule has 0 aliphatic carbocycles. The molecule has 0 atom stereocenters. The first-order valence-electron chi connectivity index (χ1n) is 8.15. The van der Waals surface area contributed by atoms with Crippen molar-refractivity contribution in [3.63, 3.8) is 0 Å². The second-order valence-electron chi connectivity index (χ2n) is 8.01. The number of carbonyl (C=O) groups excluding carboxylic acids is 2. The van der Waals surface area contributed by atoms with E-state index < -0.39 is 5.41 Å². The summed E-state index contributed by atoms with van der Waals surface area (Å²) in [5.74, 6) is -0.208. The van der Waals surface area contributed by atoms with E-state index in [0.29, 0.717) is 18.2 Å². The Morgan fingerprint density at radius 2 is 1.48 bits per heavy atom. The standard InChI is InChI=1S/C19H30N2O2/c1-13(2)12-20-16(22)19(6,7)17(23)21-15-10-8-14(9-11-15)18(3,4)5/h8-11,13H,12H2,1-7H3,(H,20,22)(H,21,23). The average molecular weight is 318 g/mol. The molecule has 2 amide bonds. The number of amides is 2. The summed E-state index contributed by atoms with van der Waals surface area (Å²) in [4.78, 5) is 24.6. The van der Waals surface area contributed by atoms with Crippen LogP contribution in [0.3, 0.4) is 0 Å². The predicted octanol–water partition coefficient (Wildman–Crippen LogP) is 3.72. The number of hydrogen-bond donors (Lipinski definition) is 2. The fraction of sp³-hybridized carbons (Fsp3) is 0.579. The van der Waals surface area contributed by atoms with E-state index in [1.807, 2.05) is 38.1 Å². The second-order valence-corrected chi connectivity index (χ2v) is 8.01. The lowest BCUT2D eigenvalue weighted by Gasteiger charge is -2.24. The van der Waals surface area contributed by atoms with Crippen molar-refractivity contribution < 1.29 is 9.59 Å². The van der Waals surface area contributed by atoms with Crippen LogP contribution in [-0.2, 0) is 15.0 Å². The summed E-state index contributed by atoms with van der Waals surface area (Å²) in [7, 11) is 0. The molecule has 1 rings (SSSR count). The summed E-state index contributed by atoms with van der Waals surface area (Å²) in [6.07, 6.45) is 0. The molecule has 0 aliphatic rings. The first kappa shape index (κ1) is 19.2. The van der Waals surface area contributed by atoms with E-state index in [4.69, 9.17) is 0 Å². The Bertz CT molecular complexity index is 552. The lowest BCUT2D eigenvalue weighted by Crippen LogP contribution is -2.46. The highest BCUT2D eigenvalue weighted by Gasteiger charge is 2.36. The van der Waals surface area contributed by atoms with Gasteiger partial charge in [-0.15, -0.1) is 0 Å². The minimum Gasteiger partial charge on any atom is -0.355 e. The smallest absolute Gasteiger partial charge is 0.239 e. The molecular formula is C19H30N2O2. The van der Waals surface area contributed by atoms with Gasteiger partial charge in [-0.3, -0.25) is 9.59 Å². The van der Waals surface area contributed by atoms with Gasteiger partial charge in [-0.05, 0) is 42.9 Å². The fourth-order valence-corrected chi connectivity index (χ4v) is 1.96. The van der Waals surface area contributed by atoms with Crippen molar-refractivity contribution in [3.05, 3.63) is 29.8 Å². The topological polar surface area (TPSA) is 58.2 Å². The van der Waals surface area contributed by atoms with Gasteiger partial charge in [0.05, 0.1) is 0 Å². The molecule has 0 aliphatic heterocycles. The Labute approximate surface area is 140 Å². The van der Waals surface area contributed by atoms with E-state index in [-0.39, 0.29) is 17.2 Å². The second kappa shape index (κ2) is 7.16. The molecule has 0 fully saturated rings. The molecule has 2 N–H and O–H groups in total. The molecule has 4 nitrogen and oxygen atoms in total. The van der Waals surface area contributed by atoms with Crippen molar-refractivity contribution >= 4 is 17.5 Å². The molecule has 0 radical (unpaired) electrons. The summed E-state index contributed by atoms with van der Waals surface area (Å²) in [5, 5.41) is 5.65. The van der Waals surface area contributed by atoms with Gasteiger partial charge in [0.15, 0.2) is 0 Å². The Hall–Kier alpha value is -1.84. The van der Waals surface area contributed by atoms with Gasteiger partial charge < -0.3 is 10.6 Å². The molecule has 1 aromatic rings. The monoisotopic (exact) mass is 318 g/mol. The molecule has 0 saturated heterocycles. The van der Waals surface area contributed by atoms with Gasteiger partial charge in [0.1, 0.15) is 5.41 Å². The first-order valence-corrected chi connectivity index (χ1v) is 8.15. The molecule has 23 heavy (non-hydrogen) atoms. The maximum Gasteiger partial charge on any atom is 0.239 e. The maximum absolute atomic E-state index is 12.4. The highest BCUT2D eigenvalue weighted by Crippen LogP contribution is 2.24. The van der Waals surface area contributed by atoms with Crippen LogP contribution in [0.1, 0.15) is 54.0 Å². The summed E-state index contributed by atoms with van der Waals surface area (Å²) >= 11 is 0. The van der Waals surface area contributed by atoms with Gasteiger partial charge in [-0.2, -0.15) is 0 Å². The highest BCUT2D eigenvalue weighted by molar-refractivity contribution is 6.09. The Morgan fingerprint density at radius 1 is 0.957 bits per heavy atom. The number of nitrogens with one attached hydrogen (secondary N) is 2. The van der Waals surface area contributed by atoms with E-state index in [2.05, 4.69) is 31.4 Å². The maximum atomic E-state index is 12.4. The van der Waals surface area contributed by atoms with E-state index >= 15 is 0 Å². The third-order valence-electron chi connectivity index (χ3n) is 3.81. The quantitative estimate of drug-likeness (QED) is 0.813. The SMILES string of the molecule is CC(C)CNC(=O)C(C)(C)C(=O)Nc1ccc(C(C)(C)C)cc1. The van der Waals surface area contributed by atoms with E-state index in [0.717, 1.165) is 0 Å². The van der Waals surface area contributed by atoms with Crippen LogP contribution in [0.15, 0.2) is 24.3 Å². The van der Waals surface area contributed by atoms with Gasteiger partial charge in [-0.1, -0.05) is 46.8 Å². The van der Waals surface area contributed by atoms with Gasteiger partial charge in [0.25, 0.3) is 0 Å². The van der Waals surface area contributed by atoms with Gasteiger partial charge in [-0.25, -0.2) is 0 Å². The zero-order chi connectivity index (χ0) is 17.8. The summed E-state index contributed by atoms with van der Waals surface area (Å²) in [5.41, 5.74) is 0.855. The lowest BCUT2D eigenvalue weighted by atomic mass is 9.87. The molecule has 0 unspecified atom stereocenters. The number of rotatable bonds is 5. The molecular weight excluding hydrogens is 288 g/mol. The van der Waals surface area contributed by atoms with Crippen molar-refractivity contribution in [3.8, 4) is 0 Å². The molecule has 4 heteroatoms. The lowest BCUT2D eigenvalue weighted by molar-refractivity contribution is -0.138. The van der Waals surface area contributed by atoms with Gasteiger partial charge >= 0.3 is 0 Å². The van der Waals surface area contributed by atoms with Crippen LogP contribution in [0.4, 0.5) is 5.69 Å². The van der Waals surface area contributed by atoms with Crippen LogP contribution in [0.2, 0.25) is 0 Å². The van der Waals surface area contributed by atoms with Gasteiger partial charge in [0.2, 0.25) is 11.8 Å². The molecule has 0 bridgehead atoms. The van der Waals surface area contributed by atoms with Crippen molar-refractivity contribution in [1.82, 2.24) is 5.32 Å². The highest BCUT2D eigenvalue weighted by atomic mass is 16.2. The largest absolute Gasteiger partial charge is 0.355 e. The minimum absolute atomic E-state index is 0.0680. The molecule has 128 valence electrons. The summed E-state index contributed by atoms with van der Waals surface area (Å²) in [6.45, 7) is 14.3. The number of benzene rings is 1. The Balaban J connectivity index is 2.76. The summed E-state index contributed by atoms with van der Waals surface area (Å²) < 4.78 is 0. The Morgan fingerprint density at radius 3 is 1.91 bits per heavy atom. The van der Waals surface area contributed by atoms with E-state index in [9.17, 15) is 9.59 Å². The van der Waals surface area contributed by atoms with E-state index in [1.54, 1.807) is 13.8 Å². The van der Waals surface area contributed by atoms with Crippen LogP contribution in [0, 0.1) is 11.3 Å². The number of carbonyl (C=O) groups is 2. The molecule has 1 aromatic carbocycles. The van der Waals surface area contributed by atoms with Crippen LogP contribution in [0.25, 0.3) is 0 Å². The van der Waals surface area contributed by atoms with Crippen molar-refractivity contribution in [2.24, 2.45) is 11.3 Å². The molecule has 0 aromatic heterocycles. The van der Waals surface area contributed by atoms with Crippen LogP contribution < -0.4 is 10.6 Å². The average Bonchev–Trinajstić information content (AvgIpc) is 2.44. The predicted molar refractivity (Wildman–Crippen MR) is 95.4 cm³/mol. The zero-order valence-corrected chi connectivity index (χ0v) is 15.4. The van der Waals surface area contributed by atoms with Crippen LogP contribution in [0.5, 0.6) is 0 Å². The van der Waals surface area contributed by atoms with Gasteiger partial charge in [0, 0.05) is 12.2 Å². The minimum atomic E-state index is -1.11. The third-order valence-corrected chi connectivity index (χ3v) is 3.81. The fourth-order valence-electron chi connectivity index (χ4n) is 1.96. The zero-order valence-electron chi connectivity index (χ0n) is 15.4. The molecule has 0 heterocycles. The van der Waals surface area contributed by atoms with Crippen LogP contribution in [-0.4, -0.2) is 18.4 Å². The first-order chi connectivity index (χ1) is 10.4. The number of hydrogen-bond acceptors (Lipinski definition) is 2. The number of anilines is 1.